The second-order valence-corrected chi connectivity index (χ2v) is 6.77. The maximum atomic E-state index is 13.5. The van der Waals surface area contributed by atoms with Crippen molar-refractivity contribution >= 4 is 17.4 Å². The molecule has 0 saturated carbocycles. The SMILES string of the molecule is Cc1ccc(C(=O)C2c3ccccc3C(=O)N2c2ccccc2)c(O)c1C. The van der Waals surface area contributed by atoms with Crippen molar-refractivity contribution in [3.05, 3.63) is 94.5 Å². The minimum Gasteiger partial charge on any atom is -0.507 e. The van der Waals surface area contributed by atoms with Crippen LogP contribution in [0.25, 0.3) is 0 Å². The van der Waals surface area contributed by atoms with Crippen LogP contribution in [0.3, 0.4) is 0 Å². The van der Waals surface area contributed by atoms with Gasteiger partial charge < -0.3 is 5.11 Å². The molecule has 0 saturated heterocycles. The highest BCUT2D eigenvalue weighted by molar-refractivity contribution is 6.19. The Morgan fingerprint density at radius 1 is 0.926 bits per heavy atom. The molecule has 0 aliphatic carbocycles. The Labute approximate surface area is 157 Å². The third kappa shape index (κ3) is 2.61. The van der Waals surface area contributed by atoms with Crippen molar-refractivity contribution in [2.75, 3.05) is 4.90 Å². The second kappa shape index (κ2) is 6.40. The molecular formula is C23H19NO3. The average molecular weight is 357 g/mol. The number of nitrogens with zero attached hydrogens (tertiary/aromatic N) is 1. The van der Waals surface area contributed by atoms with Crippen LogP contribution in [0, 0.1) is 13.8 Å². The second-order valence-electron chi connectivity index (χ2n) is 6.77. The van der Waals surface area contributed by atoms with Crippen LogP contribution in [0.4, 0.5) is 5.69 Å². The quantitative estimate of drug-likeness (QED) is 0.697. The lowest BCUT2D eigenvalue weighted by molar-refractivity contribution is 0.0914. The summed E-state index contributed by atoms with van der Waals surface area (Å²) in [5.74, 6) is -0.527. The third-order valence-corrected chi connectivity index (χ3v) is 5.21. The Balaban J connectivity index is 1.89. The number of fused-ring (bicyclic) bond motifs is 1. The number of carbonyl (C=O) groups excluding carboxylic acids is 2. The van der Waals surface area contributed by atoms with Crippen LogP contribution in [-0.4, -0.2) is 16.8 Å². The highest BCUT2D eigenvalue weighted by atomic mass is 16.3. The molecule has 4 heteroatoms. The summed E-state index contributed by atoms with van der Waals surface area (Å²) in [5.41, 5.74) is 3.64. The fourth-order valence-corrected chi connectivity index (χ4v) is 3.58. The Kier molecular flexibility index (Phi) is 4.04. The van der Waals surface area contributed by atoms with E-state index in [1.807, 2.05) is 49.4 Å². The van der Waals surface area contributed by atoms with E-state index in [0.717, 1.165) is 5.56 Å². The van der Waals surface area contributed by atoms with E-state index in [9.17, 15) is 14.7 Å². The van der Waals surface area contributed by atoms with E-state index in [2.05, 4.69) is 0 Å². The van der Waals surface area contributed by atoms with Crippen molar-refractivity contribution < 1.29 is 14.7 Å². The molecule has 4 rings (SSSR count). The van der Waals surface area contributed by atoms with Crippen molar-refractivity contribution in [2.24, 2.45) is 0 Å². The van der Waals surface area contributed by atoms with Crippen molar-refractivity contribution in [1.82, 2.24) is 0 Å². The van der Waals surface area contributed by atoms with Crippen LogP contribution in [-0.2, 0) is 0 Å². The standard InChI is InChI=1S/C23H19NO3/c1-14-12-13-19(21(25)15(14)2)22(26)20-17-10-6-7-11-18(17)23(27)24(20)16-8-4-3-5-9-16/h3-13,20,25H,1-2H3. The van der Waals surface area contributed by atoms with E-state index in [4.69, 9.17) is 0 Å². The minimum absolute atomic E-state index is 0.0233. The number of anilines is 1. The largest absolute Gasteiger partial charge is 0.507 e. The molecule has 1 heterocycles. The molecule has 1 aliphatic rings. The van der Waals surface area contributed by atoms with E-state index < -0.39 is 6.04 Å². The first-order chi connectivity index (χ1) is 13.0. The number of ketones is 1. The van der Waals surface area contributed by atoms with Gasteiger partial charge in [0.05, 0.1) is 5.56 Å². The van der Waals surface area contributed by atoms with Gasteiger partial charge >= 0.3 is 0 Å². The first-order valence-corrected chi connectivity index (χ1v) is 8.81. The van der Waals surface area contributed by atoms with Gasteiger partial charge in [0.2, 0.25) is 0 Å². The summed E-state index contributed by atoms with van der Waals surface area (Å²) in [6, 6.07) is 19.0. The zero-order chi connectivity index (χ0) is 19.1. The van der Waals surface area contributed by atoms with Gasteiger partial charge in [0.15, 0.2) is 5.78 Å². The molecule has 1 N–H and O–H groups in total. The smallest absolute Gasteiger partial charge is 0.259 e. The Morgan fingerprint density at radius 3 is 2.33 bits per heavy atom. The number of phenols is 1. The number of carbonyl (C=O) groups is 2. The van der Waals surface area contributed by atoms with Gasteiger partial charge in [-0.05, 0) is 54.8 Å². The summed E-state index contributed by atoms with van der Waals surface area (Å²) in [6.07, 6.45) is 0. The van der Waals surface area contributed by atoms with E-state index in [0.29, 0.717) is 22.4 Å². The van der Waals surface area contributed by atoms with Gasteiger partial charge in [-0.2, -0.15) is 0 Å². The molecule has 4 nitrogen and oxygen atoms in total. The van der Waals surface area contributed by atoms with Crippen LogP contribution in [0.15, 0.2) is 66.7 Å². The van der Waals surface area contributed by atoms with E-state index in [1.165, 1.54) is 4.90 Å². The van der Waals surface area contributed by atoms with Gasteiger partial charge in [-0.25, -0.2) is 0 Å². The van der Waals surface area contributed by atoms with Gasteiger partial charge in [-0.3, -0.25) is 14.5 Å². The van der Waals surface area contributed by atoms with Gasteiger partial charge in [-0.1, -0.05) is 42.5 Å². The van der Waals surface area contributed by atoms with E-state index >= 15 is 0 Å². The van der Waals surface area contributed by atoms with Crippen molar-refractivity contribution in [1.29, 1.82) is 0 Å². The Hall–Kier alpha value is -3.40. The summed E-state index contributed by atoms with van der Waals surface area (Å²) < 4.78 is 0. The number of aryl methyl sites for hydroxylation is 1. The number of para-hydroxylation sites is 1. The maximum absolute atomic E-state index is 13.5. The number of amides is 1. The fourth-order valence-electron chi connectivity index (χ4n) is 3.58. The molecule has 3 aromatic carbocycles. The first-order valence-electron chi connectivity index (χ1n) is 8.81. The highest BCUT2D eigenvalue weighted by Crippen LogP contribution is 2.41. The normalized spacial score (nSPS) is 15.7. The number of hydrogen-bond donors (Lipinski definition) is 1. The molecular weight excluding hydrogens is 338 g/mol. The lowest BCUT2D eigenvalue weighted by Gasteiger charge is -2.25. The van der Waals surface area contributed by atoms with Crippen LogP contribution in [0.2, 0.25) is 0 Å². The van der Waals surface area contributed by atoms with Gasteiger partial charge in [-0.15, -0.1) is 0 Å². The topological polar surface area (TPSA) is 57.6 Å². The fraction of sp³-hybridized carbons (Fsp3) is 0.130. The number of phenolic OH excluding ortho intramolecular Hbond substituents is 1. The molecule has 1 aliphatic heterocycles. The predicted octanol–water partition coefficient (Wildman–Crippen LogP) is 4.59. The summed E-state index contributed by atoms with van der Waals surface area (Å²) in [5, 5.41) is 10.6. The Morgan fingerprint density at radius 2 is 1.59 bits per heavy atom. The predicted molar refractivity (Wildman–Crippen MR) is 104 cm³/mol. The van der Waals surface area contributed by atoms with Crippen molar-refractivity contribution in [3.8, 4) is 5.75 Å². The molecule has 1 atom stereocenters. The molecule has 1 amide bonds. The van der Waals surface area contributed by atoms with Gasteiger partial charge in [0, 0.05) is 11.3 Å². The van der Waals surface area contributed by atoms with E-state index in [-0.39, 0.29) is 23.0 Å². The summed E-state index contributed by atoms with van der Waals surface area (Å²) in [7, 11) is 0. The van der Waals surface area contributed by atoms with Crippen LogP contribution in [0.1, 0.15) is 43.4 Å². The molecule has 1 unspecified atom stereocenters. The number of hydrogen-bond acceptors (Lipinski definition) is 3. The molecule has 27 heavy (non-hydrogen) atoms. The highest BCUT2D eigenvalue weighted by Gasteiger charge is 2.42. The van der Waals surface area contributed by atoms with Gasteiger partial charge in [0.25, 0.3) is 5.91 Å². The monoisotopic (exact) mass is 357 g/mol. The van der Waals surface area contributed by atoms with Crippen LogP contribution >= 0.6 is 0 Å². The molecule has 0 spiro atoms. The van der Waals surface area contributed by atoms with Crippen molar-refractivity contribution in [3.63, 3.8) is 0 Å². The summed E-state index contributed by atoms with van der Waals surface area (Å²) in [6.45, 7) is 3.66. The number of benzene rings is 3. The van der Waals surface area contributed by atoms with Crippen LogP contribution in [0.5, 0.6) is 5.75 Å². The average Bonchev–Trinajstić information content (AvgIpc) is 2.99. The lowest BCUT2D eigenvalue weighted by atomic mass is 9.93. The number of rotatable bonds is 3. The molecule has 0 bridgehead atoms. The van der Waals surface area contributed by atoms with Crippen molar-refractivity contribution in [2.45, 2.75) is 19.9 Å². The summed E-state index contributed by atoms with van der Waals surface area (Å²) in [4.78, 5) is 28.0. The Bertz CT molecular complexity index is 1060. The molecule has 134 valence electrons. The van der Waals surface area contributed by atoms with Gasteiger partial charge in [0.1, 0.15) is 11.8 Å². The molecule has 0 radical (unpaired) electrons. The van der Waals surface area contributed by atoms with E-state index in [1.54, 1.807) is 31.2 Å². The minimum atomic E-state index is -0.802. The zero-order valence-corrected chi connectivity index (χ0v) is 15.1. The lowest BCUT2D eigenvalue weighted by Crippen LogP contribution is -2.32. The molecule has 0 fully saturated rings. The maximum Gasteiger partial charge on any atom is 0.259 e. The van der Waals surface area contributed by atoms with Crippen LogP contribution < -0.4 is 4.90 Å². The molecule has 0 aromatic heterocycles. The molecule has 3 aromatic rings. The summed E-state index contributed by atoms with van der Waals surface area (Å²) >= 11 is 0. The first kappa shape index (κ1) is 17.0. The third-order valence-electron chi connectivity index (χ3n) is 5.21. The zero-order valence-electron chi connectivity index (χ0n) is 15.1. The number of Topliss-reactive ketones (excluding diaryl/α,β-unsaturated/α-hetero) is 1. The number of aromatic hydroxyl groups is 1.